The molecule has 0 aromatic carbocycles. The van der Waals surface area contributed by atoms with Gasteiger partial charge in [-0.1, -0.05) is 19.9 Å². The van der Waals surface area contributed by atoms with Crippen molar-refractivity contribution in [3.63, 3.8) is 0 Å². The number of carbonyl (C=O) groups is 1. The Labute approximate surface area is 112 Å². The number of rotatable bonds is 5. The zero-order valence-electron chi connectivity index (χ0n) is 9.80. The van der Waals surface area contributed by atoms with Crippen molar-refractivity contribution in [3.05, 3.63) is 22.4 Å². The molecule has 0 radical (unpaired) electrons. The van der Waals surface area contributed by atoms with Crippen LogP contribution in [0.2, 0.25) is 0 Å². The van der Waals surface area contributed by atoms with Crippen molar-refractivity contribution in [2.24, 2.45) is 5.41 Å². The molecule has 16 heavy (non-hydrogen) atoms. The molecule has 1 nitrogen and oxygen atoms in total. The minimum atomic E-state index is -0.134. The molecule has 0 spiro atoms. The lowest BCUT2D eigenvalue weighted by molar-refractivity contribution is -0.118. The number of thiol groups is 2. The number of ketones is 1. The van der Waals surface area contributed by atoms with Gasteiger partial charge in [0.25, 0.3) is 0 Å². The molecule has 0 fully saturated rings. The third-order valence-corrected chi connectivity index (χ3v) is 5.58. The molecule has 0 bridgehead atoms. The molecule has 2 unspecified atom stereocenters. The summed E-state index contributed by atoms with van der Waals surface area (Å²) < 4.78 is 0. The summed E-state index contributed by atoms with van der Waals surface area (Å²) in [6.45, 7) is 5.77. The third kappa shape index (κ3) is 3.54. The van der Waals surface area contributed by atoms with Crippen LogP contribution >= 0.6 is 36.6 Å². The number of Topliss-reactive ketones (excluding diaryl/α,β-unsaturated/α-hetero) is 1. The Morgan fingerprint density at radius 3 is 2.56 bits per heavy atom. The fourth-order valence-corrected chi connectivity index (χ4v) is 3.56. The molecule has 1 heterocycles. The van der Waals surface area contributed by atoms with Crippen LogP contribution in [-0.4, -0.2) is 11.0 Å². The van der Waals surface area contributed by atoms with E-state index in [0.717, 1.165) is 0 Å². The third-order valence-electron chi connectivity index (χ3n) is 2.64. The van der Waals surface area contributed by atoms with Crippen molar-refractivity contribution in [1.82, 2.24) is 0 Å². The maximum absolute atomic E-state index is 11.2. The summed E-state index contributed by atoms with van der Waals surface area (Å²) in [5.41, 5.74) is -0.134. The monoisotopic (exact) mass is 274 g/mol. The molecular formula is C12H18OS3. The Hall–Kier alpha value is 0.0700. The molecule has 0 amide bonds. The highest BCUT2D eigenvalue weighted by Gasteiger charge is 2.33. The predicted octanol–water partition coefficient (Wildman–Crippen LogP) is 4.02. The SMILES string of the molecule is CC(=O)CC(C)(C)C(S)C(S)c1cccs1. The fraction of sp³-hybridized carbons (Fsp3) is 0.583. The van der Waals surface area contributed by atoms with E-state index in [0.29, 0.717) is 6.42 Å². The molecule has 0 saturated heterocycles. The smallest absolute Gasteiger partial charge is 0.130 e. The van der Waals surface area contributed by atoms with Gasteiger partial charge in [0.05, 0.1) is 0 Å². The second kappa shape index (κ2) is 5.61. The van der Waals surface area contributed by atoms with Gasteiger partial charge in [0.2, 0.25) is 0 Å². The molecular weight excluding hydrogens is 256 g/mol. The van der Waals surface area contributed by atoms with Crippen LogP contribution in [0.1, 0.15) is 37.3 Å². The summed E-state index contributed by atoms with van der Waals surface area (Å²) in [5, 5.41) is 2.19. The van der Waals surface area contributed by atoms with Crippen molar-refractivity contribution < 1.29 is 4.79 Å². The number of carbonyl (C=O) groups excluding carboxylic acids is 1. The van der Waals surface area contributed by atoms with E-state index in [1.807, 2.05) is 11.4 Å². The van der Waals surface area contributed by atoms with Crippen LogP contribution in [0.5, 0.6) is 0 Å². The lowest BCUT2D eigenvalue weighted by Crippen LogP contribution is -2.30. The maximum atomic E-state index is 11.2. The maximum Gasteiger partial charge on any atom is 0.130 e. The molecule has 1 aromatic heterocycles. The standard InChI is InChI=1S/C12H18OS3/c1-8(13)7-12(2,3)11(15)10(14)9-5-4-6-16-9/h4-6,10-11,14-15H,7H2,1-3H3. The Balaban J connectivity index is 2.76. The van der Waals surface area contributed by atoms with E-state index in [9.17, 15) is 4.79 Å². The zero-order valence-corrected chi connectivity index (χ0v) is 12.4. The van der Waals surface area contributed by atoms with Crippen molar-refractivity contribution in [1.29, 1.82) is 0 Å². The lowest BCUT2D eigenvalue weighted by Gasteiger charge is -2.33. The van der Waals surface area contributed by atoms with E-state index in [4.69, 9.17) is 0 Å². The van der Waals surface area contributed by atoms with E-state index >= 15 is 0 Å². The average molecular weight is 274 g/mol. The van der Waals surface area contributed by atoms with Gasteiger partial charge < -0.3 is 4.79 Å². The van der Waals surface area contributed by atoms with Crippen molar-refractivity contribution in [2.75, 3.05) is 0 Å². The second-order valence-electron chi connectivity index (χ2n) is 4.77. The first-order valence-electron chi connectivity index (χ1n) is 5.23. The normalized spacial score (nSPS) is 15.8. The van der Waals surface area contributed by atoms with Crippen LogP contribution in [0.15, 0.2) is 17.5 Å². The minimum absolute atomic E-state index is 0.0679. The second-order valence-corrected chi connectivity index (χ2v) is 6.86. The average Bonchev–Trinajstić information content (AvgIpc) is 2.66. The van der Waals surface area contributed by atoms with Gasteiger partial charge in [-0.2, -0.15) is 25.3 Å². The van der Waals surface area contributed by atoms with Crippen molar-refractivity contribution >= 4 is 42.4 Å². The number of hydrogen-bond donors (Lipinski definition) is 2. The van der Waals surface area contributed by atoms with Gasteiger partial charge in [-0.3, -0.25) is 0 Å². The van der Waals surface area contributed by atoms with Gasteiger partial charge in [-0.15, -0.1) is 11.3 Å². The van der Waals surface area contributed by atoms with E-state index in [-0.39, 0.29) is 21.7 Å². The first-order chi connectivity index (χ1) is 7.34. The first-order valence-corrected chi connectivity index (χ1v) is 7.15. The Kier molecular flexibility index (Phi) is 4.95. The molecule has 90 valence electrons. The van der Waals surface area contributed by atoms with Gasteiger partial charge >= 0.3 is 0 Å². The van der Waals surface area contributed by atoms with Crippen LogP contribution in [0.25, 0.3) is 0 Å². The zero-order chi connectivity index (χ0) is 12.3. The van der Waals surface area contributed by atoms with Crippen LogP contribution in [0, 0.1) is 5.41 Å². The van der Waals surface area contributed by atoms with E-state index in [1.54, 1.807) is 18.3 Å². The molecule has 0 aliphatic heterocycles. The highest BCUT2D eigenvalue weighted by Crippen LogP contribution is 2.42. The fourth-order valence-electron chi connectivity index (χ4n) is 1.79. The van der Waals surface area contributed by atoms with Gasteiger partial charge in [-0.05, 0) is 23.8 Å². The molecule has 0 aliphatic carbocycles. The summed E-state index contributed by atoms with van der Waals surface area (Å²) in [6.07, 6.45) is 0.545. The quantitative estimate of drug-likeness (QED) is 0.776. The highest BCUT2D eigenvalue weighted by atomic mass is 32.1. The molecule has 0 N–H and O–H groups in total. The molecule has 1 aromatic rings. The van der Waals surface area contributed by atoms with Gasteiger partial charge in [0.1, 0.15) is 5.78 Å². The van der Waals surface area contributed by atoms with Crippen LogP contribution in [0.4, 0.5) is 0 Å². The number of hydrogen-bond acceptors (Lipinski definition) is 4. The van der Waals surface area contributed by atoms with Gasteiger partial charge in [0, 0.05) is 21.8 Å². The first kappa shape index (κ1) is 14.1. The minimum Gasteiger partial charge on any atom is -0.300 e. The summed E-state index contributed by atoms with van der Waals surface area (Å²) in [6, 6.07) is 4.08. The van der Waals surface area contributed by atoms with Crippen molar-refractivity contribution in [3.8, 4) is 0 Å². The Morgan fingerprint density at radius 1 is 1.50 bits per heavy atom. The molecule has 0 aliphatic rings. The van der Waals surface area contributed by atoms with Gasteiger partial charge in [0.15, 0.2) is 0 Å². The van der Waals surface area contributed by atoms with Crippen LogP contribution in [-0.2, 0) is 4.79 Å². The Bertz CT molecular complexity index is 343. The summed E-state index contributed by atoms with van der Waals surface area (Å²) >= 11 is 10.9. The van der Waals surface area contributed by atoms with Crippen LogP contribution < -0.4 is 0 Å². The van der Waals surface area contributed by atoms with Gasteiger partial charge in [-0.25, -0.2) is 0 Å². The largest absolute Gasteiger partial charge is 0.300 e. The molecule has 0 saturated carbocycles. The summed E-state index contributed by atoms with van der Waals surface area (Å²) in [5.74, 6) is 0.204. The van der Waals surface area contributed by atoms with E-state index in [2.05, 4.69) is 45.2 Å². The molecule has 4 heteroatoms. The van der Waals surface area contributed by atoms with Crippen LogP contribution in [0.3, 0.4) is 0 Å². The van der Waals surface area contributed by atoms with E-state index < -0.39 is 0 Å². The summed E-state index contributed by atoms with van der Waals surface area (Å²) in [7, 11) is 0. The van der Waals surface area contributed by atoms with E-state index in [1.165, 1.54) is 4.88 Å². The summed E-state index contributed by atoms with van der Waals surface area (Å²) in [4.78, 5) is 12.4. The van der Waals surface area contributed by atoms with Crippen molar-refractivity contribution in [2.45, 2.75) is 37.7 Å². The lowest BCUT2D eigenvalue weighted by atomic mass is 9.82. The Morgan fingerprint density at radius 2 is 2.12 bits per heavy atom. The topological polar surface area (TPSA) is 17.1 Å². The molecule has 1 rings (SSSR count). The molecule has 2 atom stereocenters. The number of thiophene rings is 1. The highest BCUT2D eigenvalue weighted by molar-refractivity contribution is 7.85. The predicted molar refractivity (Wildman–Crippen MR) is 77.9 cm³/mol.